The van der Waals surface area contributed by atoms with Gasteiger partial charge in [0.25, 0.3) is 0 Å². The second-order valence-electron chi connectivity index (χ2n) is 6.39. The van der Waals surface area contributed by atoms with Crippen LogP contribution < -0.4 is 0 Å². The number of aliphatic hydroxyl groups is 1. The average Bonchev–Trinajstić information content (AvgIpc) is 2.85. The van der Waals surface area contributed by atoms with Crippen LogP contribution in [0.2, 0.25) is 0 Å². The molecule has 0 bridgehead atoms. The van der Waals surface area contributed by atoms with Crippen LogP contribution in [0.25, 0.3) is 0 Å². The molecule has 2 N–H and O–H groups in total. The summed E-state index contributed by atoms with van der Waals surface area (Å²) in [6, 6.07) is 0. The molecule has 1 fully saturated rings. The van der Waals surface area contributed by atoms with Crippen LogP contribution in [0, 0.1) is 11.8 Å². The van der Waals surface area contributed by atoms with Crippen molar-refractivity contribution in [3.8, 4) is 0 Å². The van der Waals surface area contributed by atoms with Crippen LogP contribution in [0.5, 0.6) is 0 Å². The fourth-order valence-corrected chi connectivity index (χ4v) is 3.12. The summed E-state index contributed by atoms with van der Waals surface area (Å²) in [4.78, 5) is 22.0. The van der Waals surface area contributed by atoms with Crippen LogP contribution in [0.15, 0.2) is 24.3 Å². The Labute approximate surface area is 139 Å². The van der Waals surface area contributed by atoms with Crippen molar-refractivity contribution in [3.63, 3.8) is 0 Å². The summed E-state index contributed by atoms with van der Waals surface area (Å²) in [7, 11) is 0. The lowest BCUT2D eigenvalue weighted by Crippen LogP contribution is -2.17. The van der Waals surface area contributed by atoms with Crippen LogP contribution in [0.4, 0.5) is 0 Å². The first-order valence-electron chi connectivity index (χ1n) is 8.80. The Balaban J connectivity index is 2.34. The summed E-state index contributed by atoms with van der Waals surface area (Å²) in [5, 5.41) is 18.7. The number of hydrogen-bond acceptors (Lipinski definition) is 3. The van der Waals surface area contributed by atoms with E-state index in [1.165, 1.54) is 0 Å². The van der Waals surface area contributed by atoms with Gasteiger partial charge in [0, 0.05) is 12.8 Å². The number of rotatable bonds is 11. The van der Waals surface area contributed by atoms with Crippen LogP contribution in [0.3, 0.4) is 0 Å². The van der Waals surface area contributed by atoms with Gasteiger partial charge >= 0.3 is 5.97 Å². The number of aliphatic hydroxyl groups excluding tert-OH is 1. The fraction of sp³-hybridized carbons (Fsp3) is 0.684. The smallest absolute Gasteiger partial charge is 0.303 e. The number of unbranched alkanes of at least 4 members (excludes halogenated alkanes) is 2. The Bertz CT molecular complexity index is 425. The minimum Gasteiger partial charge on any atom is -0.481 e. The van der Waals surface area contributed by atoms with Crippen molar-refractivity contribution in [1.29, 1.82) is 0 Å². The maximum absolute atomic E-state index is 11.6. The van der Waals surface area contributed by atoms with E-state index in [1.807, 2.05) is 13.0 Å². The Hall–Kier alpha value is -1.42. The number of ketones is 1. The van der Waals surface area contributed by atoms with E-state index >= 15 is 0 Å². The first-order valence-corrected chi connectivity index (χ1v) is 8.80. The average molecular weight is 322 g/mol. The molecular weight excluding hydrogens is 292 g/mol. The van der Waals surface area contributed by atoms with Crippen LogP contribution >= 0.6 is 0 Å². The predicted octanol–water partition coefficient (Wildman–Crippen LogP) is 3.89. The lowest BCUT2D eigenvalue weighted by molar-refractivity contribution is -0.137. The summed E-state index contributed by atoms with van der Waals surface area (Å²) in [5.41, 5.74) is 0. The monoisotopic (exact) mass is 322 g/mol. The summed E-state index contributed by atoms with van der Waals surface area (Å²) in [6.45, 7) is 2.00. The van der Waals surface area contributed by atoms with Gasteiger partial charge < -0.3 is 10.2 Å². The topological polar surface area (TPSA) is 74.6 Å². The summed E-state index contributed by atoms with van der Waals surface area (Å²) >= 11 is 0. The highest BCUT2D eigenvalue weighted by Crippen LogP contribution is 2.35. The van der Waals surface area contributed by atoms with Gasteiger partial charge in [0.2, 0.25) is 0 Å². The molecule has 1 rings (SSSR count). The molecule has 130 valence electrons. The molecule has 0 radical (unpaired) electrons. The minimum atomic E-state index is -0.740. The summed E-state index contributed by atoms with van der Waals surface area (Å²) < 4.78 is 0. The molecule has 0 aromatic heterocycles. The van der Waals surface area contributed by atoms with Gasteiger partial charge in [-0.1, -0.05) is 25.2 Å². The maximum atomic E-state index is 11.6. The van der Waals surface area contributed by atoms with Crippen molar-refractivity contribution < 1.29 is 19.8 Å². The number of allylic oxidation sites excluding steroid dienone is 4. The van der Waals surface area contributed by atoms with E-state index in [1.54, 1.807) is 6.08 Å². The molecule has 1 aliphatic carbocycles. The highest BCUT2D eigenvalue weighted by atomic mass is 16.4. The normalized spacial score (nSPS) is 24.7. The van der Waals surface area contributed by atoms with Crippen LogP contribution in [-0.4, -0.2) is 28.1 Å². The number of carboxylic acids is 1. The van der Waals surface area contributed by atoms with Crippen LogP contribution in [0.1, 0.15) is 64.7 Å². The molecule has 3 unspecified atom stereocenters. The fourth-order valence-electron chi connectivity index (χ4n) is 3.12. The van der Waals surface area contributed by atoms with Gasteiger partial charge in [0.05, 0.1) is 6.10 Å². The lowest BCUT2D eigenvalue weighted by atomic mass is 9.90. The van der Waals surface area contributed by atoms with E-state index in [9.17, 15) is 14.7 Å². The molecule has 0 aromatic rings. The zero-order valence-electron chi connectivity index (χ0n) is 14.1. The quantitative estimate of drug-likeness (QED) is 0.344. The molecule has 0 aromatic carbocycles. The Morgan fingerprint density at radius 2 is 1.91 bits per heavy atom. The lowest BCUT2D eigenvalue weighted by Gasteiger charge is -2.17. The van der Waals surface area contributed by atoms with Gasteiger partial charge in [-0.3, -0.25) is 9.59 Å². The summed E-state index contributed by atoms with van der Waals surface area (Å²) in [5.74, 6) is -0.102. The zero-order chi connectivity index (χ0) is 17.1. The Morgan fingerprint density at radius 3 is 2.61 bits per heavy atom. The largest absolute Gasteiger partial charge is 0.481 e. The number of carbonyl (C=O) groups is 2. The van der Waals surface area contributed by atoms with E-state index < -0.39 is 5.97 Å². The van der Waals surface area contributed by atoms with E-state index in [4.69, 9.17) is 5.11 Å². The van der Waals surface area contributed by atoms with Crippen molar-refractivity contribution >= 4 is 11.8 Å². The standard InChI is InChI=1S/C19H30O4/c1-2-8-16(20)13-11-15-12-14-18(21)17(15)9-6-4-3-5-7-10-19(22)23/h4,6,11,13,15,17-18,21H,2-3,5,7-10,12,14H2,1H3,(H,22,23). The second kappa shape index (κ2) is 11.2. The summed E-state index contributed by atoms with van der Waals surface area (Å²) in [6.07, 6.45) is 14.3. The molecule has 4 heteroatoms. The molecule has 1 saturated carbocycles. The van der Waals surface area contributed by atoms with Gasteiger partial charge in [0.15, 0.2) is 5.78 Å². The number of carboxylic acid groups (broad SMARTS) is 1. The van der Waals surface area contributed by atoms with Gasteiger partial charge in [-0.15, -0.1) is 0 Å². The number of carbonyl (C=O) groups excluding carboxylic acids is 1. The zero-order valence-corrected chi connectivity index (χ0v) is 14.1. The van der Waals surface area contributed by atoms with Gasteiger partial charge in [0.1, 0.15) is 0 Å². The van der Waals surface area contributed by atoms with E-state index in [0.29, 0.717) is 12.8 Å². The molecule has 0 amide bonds. The van der Waals surface area contributed by atoms with Crippen molar-refractivity contribution in [2.75, 3.05) is 0 Å². The minimum absolute atomic E-state index is 0.168. The predicted molar refractivity (Wildman–Crippen MR) is 91.1 cm³/mol. The number of aliphatic carboxylic acids is 1. The van der Waals surface area contributed by atoms with E-state index in [2.05, 4.69) is 12.2 Å². The molecule has 0 saturated heterocycles. The van der Waals surface area contributed by atoms with Crippen molar-refractivity contribution in [1.82, 2.24) is 0 Å². The molecule has 0 heterocycles. The third-order valence-corrected chi connectivity index (χ3v) is 4.45. The Kier molecular flexibility index (Phi) is 9.53. The van der Waals surface area contributed by atoms with Gasteiger partial charge in [-0.2, -0.15) is 0 Å². The molecule has 1 aliphatic rings. The molecule has 3 atom stereocenters. The third-order valence-electron chi connectivity index (χ3n) is 4.45. The second-order valence-corrected chi connectivity index (χ2v) is 6.39. The SMILES string of the molecule is CCCC(=O)C=CC1CCC(O)C1CC=CCCCCC(=O)O. The highest BCUT2D eigenvalue weighted by Gasteiger charge is 2.32. The number of hydrogen-bond donors (Lipinski definition) is 2. The van der Waals surface area contributed by atoms with Gasteiger partial charge in [-0.25, -0.2) is 0 Å². The molecule has 4 nitrogen and oxygen atoms in total. The molecule has 0 aliphatic heterocycles. The first-order chi connectivity index (χ1) is 11.0. The third kappa shape index (κ3) is 8.12. The van der Waals surface area contributed by atoms with Crippen molar-refractivity contribution in [2.45, 2.75) is 70.8 Å². The van der Waals surface area contributed by atoms with Crippen molar-refractivity contribution in [3.05, 3.63) is 24.3 Å². The molecule has 0 spiro atoms. The maximum Gasteiger partial charge on any atom is 0.303 e. The highest BCUT2D eigenvalue weighted by molar-refractivity contribution is 5.89. The first kappa shape index (κ1) is 19.6. The van der Waals surface area contributed by atoms with Crippen LogP contribution in [-0.2, 0) is 9.59 Å². The van der Waals surface area contributed by atoms with Gasteiger partial charge in [-0.05, 0) is 62.9 Å². The molecule has 23 heavy (non-hydrogen) atoms. The van der Waals surface area contributed by atoms with E-state index in [0.717, 1.165) is 38.5 Å². The van der Waals surface area contributed by atoms with E-state index in [-0.39, 0.29) is 30.1 Å². The Morgan fingerprint density at radius 1 is 1.13 bits per heavy atom. The molecular formula is C19H30O4. The van der Waals surface area contributed by atoms with Crippen molar-refractivity contribution in [2.24, 2.45) is 11.8 Å².